The van der Waals surface area contributed by atoms with E-state index < -0.39 is 0 Å². The Kier molecular flexibility index (Phi) is 6.42. The summed E-state index contributed by atoms with van der Waals surface area (Å²) in [6.07, 6.45) is 1.79. The van der Waals surface area contributed by atoms with Crippen LogP contribution >= 0.6 is 34.8 Å². The molecule has 0 aliphatic rings. The average molecular weight is 415 g/mol. The third-order valence-electron chi connectivity index (χ3n) is 3.89. The molecule has 3 aromatic carbocycles. The Bertz CT molecular complexity index is 1020. The predicted octanol–water partition coefficient (Wildman–Crippen LogP) is 7.29. The van der Waals surface area contributed by atoms with Gasteiger partial charge in [-0.3, -0.25) is 0 Å². The summed E-state index contributed by atoms with van der Waals surface area (Å²) >= 11 is 18.2. The molecule has 0 bridgehead atoms. The van der Waals surface area contributed by atoms with E-state index in [0.29, 0.717) is 38.6 Å². The Balaban J connectivity index is 1.73. The van der Waals surface area contributed by atoms with Gasteiger partial charge < -0.3 is 4.74 Å². The molecule has 0 unspecified atom stereocenters. The van der Waals surface area contributed by atoms with Crippen LogP contribution in [-0.2, 0) is 6.61 Å². The number of nitrogens with zero attached hydrogens (tertiary/aromatic N) is 1. The van der Waals surface area contributed by atoms with Crippen molar-refractivity contribution in [1.29, 1.82) is 5.26 Å². The molecule has 0 spiro atoms. The van der Waals surface area contributed by atoms with Crippen LogP contribution in [0.2, 0.25) is 15.1 Å². The standard InChI is InChI=1S/C22H14Cl3NO/c23-18-8-7-16(22(25)12-18)14-27-19-9-5-15(6-10-19)11-17(13-26)20-3-1-2-4-21(20)24/h1-12H,14H2. The first-order valence-corrected chi connectivity index (χ1v) is 9.23. The molecular formula is C22H14Cl3NO. The number of ether oxygens (including phenoxy) is 1. The van der Waals surface area contributed by atoms with Crippen LogP contribution in [0.3, 0.4) is 0 Å². The van der Waals surface area contributed by atoms with Crippen molar-refractivity contribution < 1.29 is 4.74 Å². The van der Waals surface area contributed by atoms with Crippen LogP contribution in [0.1, 0.15) is 16.7 Å². The maximum atomic E-state index is 9.45. The molecule has 0 N–H and O–H groups in total. The first-order valence-electron chi connectivity index (χ1n) is 8.10. The van der Waals surface area contributed by atoms with Gasteiger partial charge in [-0.25, -0.2) is 0 Å². The van der Waals surface area contributed by atoms with E-state index in [1.807, 2.05) is 48.5 Å². The van der Waals surface area contributed by atoms with Crippen molar-refractivity contribution in [2.45, 2.75) is 6.61 Å². The van der Waals surface area contributed by atoms with Gasteiger partial charge in [0, 0.05) is 26.2 Å². The second-order valence-corrected chi connectivity index (χ2v) is 6.99. The molecule has 3 rings (SSSR count). The lowest BCUT2D eigenvalue weighted by molar-refractivity contribution is 0.306. The SMILES string of the molecule is N#CC(=Cc1ccc(OCc2ccc(Cl)cc2Cl)cc1)c1ccccc1Cl. The third kappa shape index (κ3) is 5.05. The minimum atomic E-state index is 0.342. The average Bonchev–Trinajstić information content (AvgIpc) is 2.67. The highest BCUT2D eigenvalue weighted by atomic mass is 35.5. The quantitative estimate of drug-likeness (QED) is 0.324. The lowest BCUT2D eigenvalue weighted by atomic mass is 10.0. The van der Waals surface area contributed by atoms with E-state index in [2.05, 4.69) is 6.07 Å². The fourth-order valence-electron chi connectivity index (χ4n) is 2.48. The largest absolute Gasteiger partial charge is 0.489 e. The molecule has 0 radical (unpaired) electrons. The van der Waals surface area contributed by atoms with E-state index >= 15 is 0 Å². The molecule has 0 amide bonds. The van der Waals surface area contributed by atoms with Crippen molar-refractivity contribution in [3.05, 3.63) is 98.5 Å². The number of allylic oxidation sites excluding steroid dienone is 1. The number of halogens is 3. The number of hydrogen-bond acceptors (Lipinski definition) is 2. The van der Waals surface area contributed by atoms with E-state index in [4.69, 9.17) is 39.5 Å². The van der Waals surface area contributed by atoms with E-state index in [9.17, 15) is 5.26 Å². The third-order valence-corrected chi connectivity index (χ3v) is 4.80. The van der Waals surface area contributed by atoms with Crippen molar-refractivity contribution in [3.63, 3.8) is 0 Å². The van der Waals surface area contributed by atoms with Crippen molar-refractivity contribution in [2.75, 3.05) is 0 Å². The van der Waals surface area contributed by atoms with Gasteiger partial charge in [0.1, 0.15) is 12.4 Å². The molecule has 0 saturated heterocycles. The topological polar surface area (TPSA) is 33.0 Å². The second kappa shape index (κ2) is 8.97. The molecule has 5 heteroatoms. The number of benzene rings is 3. The summed E-state index contributed by atoms with van der Waals surface area (Å²) < 4.78 is 5.77. The van der Waals surface area contributed by atoms with Crippen molar-refractivity contribution in [1.82, 2.24) is 0 Å². The molecule has 3 aromatic rings. The van der Waals surface area contributed by atoms with Crippen LogP contribution < -0.4 is 4.74 Å². The smallest absolute Gasteiger partial charge is 0.119 e. The molecule has 0 atom stereocenters. The maximum absolute atomic E-state index is 9.45. The predicted molar refractivity (Wildman–Crippen MR) is 112 cm³/mol. The molecule has 2 nitrogen and oxygen atoms in total. The fraction of sp³-hybridized carbons (Fsp3) is 0.0455. The van der Waals surface area contributed by atoms with Crippen LogP contribution in [0, 0.1) is 11.3 Å². The minimum absolute atomic E-state index is 0.342. The molecule has 134 valence electrons. The van der Waals surface area contributed by atoms with Gasteiger partial charge in [0.2, 0.25) is 0 Å². The van der Waals surface area contributed by atoms with Gasteiger partial charge >= 0.3 is 0 Å². The molecule has 0 heterocycles. The Morgan fingerprint density at radius 3 is 2.33 bits per heavy atom. The van der Waals surface area contributed by atoms with Crippen LogP contribution in [0.25, 0.3) is 11.6 Å². The van der Waals surface area contributed by atoms with Gasteiger partial charge in [-0.15, -0.1) is 0 Å². The summed E-state index contributed by atoms with van der Waals surface area (Å²) in [6, 6.07) is 22.2. The van der Waals surface area contributed by atoms with E-state index in [1.54, 1.807) is 24.3 Å². The van der Waals surface area contributed by atoms with E-state index in [0.717, 1.165) is 11.1 Å². The Hall–Kier alpha value is -2.44. The van der Waals surface area contributed by atoms with Gasteiger partial charge in [0.25, 0.3) is 0 Å². The van der Waals surface area contributed by atoms with Gasteiger partial charge in [0.15, 0.2) is 0 Å². The second-order valence-electron chi connectivity index (χ2n) is 5.74. The molecule has 0 aromatic heterocycles. The fourth-order valence-corrected chi connectivity index (χ4v) is 3.18. The summed E-state index contributed by atoms with van der Waals surface area (Å²) in [6.45, 7) is 0.342. The first kappa shape index (κ1) is 19.3. The zero-order valence-electron chi connectivity index (χ0n) is 14.1. The molecule has 0 aliphatic heterocycles. The van der Waals surface area contributed by atoms with Gasteiger partial charge in [-0.2, -0.15) is 5.26 Å². The lowest BCUT2D eigenvalue weighted by Crippen LogP contribution is -1.96. The summed E-state index contributed by atoms with van der Waals surface area (Å²) in [5.74, 6) is 0.703. The number of hydrogen-bond donors (Lipinski definition) is 0. The number of nitriles is 1. The molecular weight excluding hydrogens is 401 g/mol. The van der Waals surface area contributed by atoms with Crippen LogP contribution in [0.5, 0.6) is 5.75 Å². The normalized spacial score (nSPS) is 11.1. The van der Waals surface area contributed by atoms with E-state index in [-0.39, 0.29) is 0 Å². The van der Waals surface area contributed by atoms with Gasteiger partial charge in [-0.05, 0) is 42.0 Å². The molecule has 0 aliphatic carbocycles. The summed E-state index contributed by atoms with van der Waals surface area (Å²) in [5, 5.41) is 11.2. The summed E-state index contributed by atoms with van der Waals surface area (Å²) in [7, 11) is 0. The zero-order valence-corrected chi connectivity index (χ0v) is 16.4. The highest BCUT2D eigenvalue weighted by Gasteiger charge is 2.06. The van der Waals surface area contributed by atoms with Crippen LogP contribution in [0.15, 0.2) is 66.7 Å². The maximum Gasteiger partial charge on any atom is 0.119 e. The van der Waals surface area contributed by atoms with Crippen molar-refractivity contribution in [2.24, 2.45) is 0 Å². The number of rotatable bonds is 5. The van der Waals surface area contributed by atoms with Gasteiger partial charge in [0.05, 0.1) is 11.6 Å². The Morgan fingerprint density at radius 2 is 1.67 bits per heavy atom. The van der Waals surface area contributed by atoms with Crippen molar-refractivity contribution >= 4 is 46.5 Å². The highest BCUT2D eigenvalue weighted by molar-refractivity contribution is 6.35. The summed E-state index contributed by atoms with van der Waals surface area (Å²) in [5.41, 5.74) is 2.94. The van der Waals surface area contributed by atoms with E-state index in [1.165, 1.54) is 0 Å². The molecule has 27 heavy (non-hydrogen) atoms. The Morgan fingerprint density at radius 1 is 0.926 bits per heavy atom. The Labute approximate surface area is 173 Å². The first-order chi connectivity index (χ1) is 13.1. The minimum Gasteiger partial charge on any atom is -0.489 e. The molecule has 0 fully saturated rings. The molecule has 0 saturated carbocycles. The van der Waals surface area contributed by atoms with Gasteiger partial charge in [-0.1, -0.05) is 71.2 Å². The summed E-state index contributed by atoms with van der Waals surface area (Å²) in [4.78, 5) is 0. The lowest BCUT2D eigenvalue weighted by Gasteiger charge is -2.08. The van der Waals surface area contributed by atoms with Crippen LogP contribution in [0.4, 0.5) is 0 Å². The zero-order chi connectivity index (χ0) is 19.2. The monoisotopic (exact) mass is 413 g/mol. The van der Waals surface area contributed by atoms with Crippen LogP contribution in [-0.4, -0.2) is 0 Å². The highest BCUT2D eigenvalue weighted by Crippen LogP contribution is 2.26. The van der Waals surface area contributed by atoms with Crippen molar-refractivity contribution in [3.8, 4) is 11.8 Å².